The van der Waals surface area contributed by atoms with E-state index in [0.717, 1.165) is 63.5 Å². The van der Waals surface area contributed by atoms with Crippen LogP contribution >= 0.6 is 0 Å². The summed E-state index contributed by atoms with van der Waals surface area (Å²) in [4.78, 5) is 19.1. The van der Waals surface area contributed by atoms with Crippen molar-refractivity contribution in [2.24, 2.45) is 4.99 Å². The van der Waals surface area contributed by atoms with Crippen LogP contribution in [-0.2, 0) is 19.5 Å². The monoisotopic (exact) mass is 336 g/mol. The van der Waals surface area contributed by atoms with Crippen LogP contribution in [0.25, 0.3) is 0 Å². The van der Waals surface area contributed by atoms with Gasteiger partial charge in [-0.3, -0.25) is 9.56 Å². The highest BCUT2D eigenvalue weighted by atomic mass is 16.2. The Morgan fingerprint density at radius 3 is 2.88 bits per heavy atom. The predicted molar refractivity (Wildman–Crippen MR) is 97.6 cm³/mol. The molecule has 0 aliphatic carbocycles. The van der Waals surface area contributed by atoms with E-state index in [1.54, 1.807) is 4.68 Å². The number of nitrogens with zero attached hydrogens (tertiary/aromatic N) is 5. The minimum atomic E-state index is 0.0423. The third kappa shape index (κ3) is 4.85. The van der Waals surface area contributed by atoms with Crippen LogP contribution in [0.5, 0.6) is 0 Å². The molecule has 7 heteroatoms. The fraction of sp³-hybridized carbons (Fsp3) is 0.824. The van der Waals surface area contributed by atoms with Crippen LogP contribution in [0.2, 0.25) is 0 Å². The van der Waals surface area contributed by atoms with Crippen molar-refractivity contribution in [1.29, 1.82) is 0 Å². The van der Waals surface area contributed by atoms with Crippen LogP contribution in [0, 0.1) is 0 Å². The molecule has 1 aromatic heterocycles. The third-order valence-corrected chi connectivity index (χ3v) is 4.36. The number of aliphatic imine (C=N–C) groups is 1. The number of hydrogen-bond acceptors (Lipinski definition) is 3. The fourth-order valence-corrected chi connectivity index (χ4v) is 2.97. The van der Waals surface area contributed by atoms with Crippen molar-refractivity contribution in [3.63, 3.8) is 0 Å². The normalized spacial score (nSPS) is 14.5. The lowest BCUT2D eigenvalue weighted by atomic mass is 10.2. The average molecular weight is 336 g/mol. The second kappa shape index (κ2) is 9.49. The minimum absolute atomic E-state index is 0.0423. The van der Waals surface area contributed by atoms with E-state index in [1.807, 2.05) is 4.57 Å². The van der Waals surface area contributed by atoms with Crippen molar-refractivity contribution in [1.82, 2.24) is 24.6 Å². The number of hydrogen-bond donors (Lipinski definition) is 1. The van der Waals surface area contributed by atoms with E-state index in [2.05, 4.69) is 41.2 Å². The van der Waals surface area contributed by atoms with Gasteiger partial charge in [-0.2, -0.15) is 5.10 Å². The molecule has 136 valence electrons. The summed E-state index contributed by atoms with van der Waals surface area (Å²) in [6.45, 7) is 8.31. The number of rotatable bonds is 8. The maximum atomic E-state index is 12.3. The summed E-state index contributed by atoms with van der Waals surface area (Å²) in [6, 6.07) is 0. The number of nitrogens with one attached hydrogen (secondary N) is 1. The Hall–Kier alpha value is -1.79. The van der Waals surface area contributed by atoms with E-state index < -0.39 is 0 Å². The zero-order valence-electron chi connectivity index (χ0n) is 15.4. The Morgan fingerprint density at radius 1 is 1.33 bits per heavy atom. The van der Waals surface area contributed by atoms with Crippen LogP contribution in [-0.4, -0.2) is 51.9 Å². The van der Waals surface area contributed by atoms with Crippen LogP contribution < -0.4 is 11.0 Å². The summed E-state index contributed by atoms with van der Waals surface area (Å²) < 4.78 is 3.44. The lowest BCUT2D eigenvalue weighted by Crippen LogP contribution is -2.39. The number of guanidine groups is 1. The highest BCUT2D eigenvalue weighted by molar-refractivity contribution is 5.79. The van der Waals surface area contributed by atoms with Crippen LogP contribution in [0.3, 0.4) is 0 Å². The van der Waals surface area contributed by atoms with Crippen molar-refractivity contribution in [2.75, 3.05) is 26.7 Å². The van der Waals surface area contributed by atoms with Crippen molar-refractivity contribution in [3.05, 3.63) is 16.3 Å². The van der Waals surface area contributed by atoms with E-state index in [-0.39, 0.29) is 5.69 Å². The molecule has 0 bridgehead atoms. The molecule has 0 aromatic carbocycles. The van der Waals surface area contributed by atoms with Gasteiger partial charge in [-0.15, -0.1) is 0 Å². The van der Waals surface area contributed by atoms with Gasteiger partial charge in [0.05, 0.1) is 0 Å². The lowest BCUT2D eigenvalue weighted by Gasteiger charge is -2.21. The molecular weight excluding hydrogens is 304 g/mol. The molecular formula is C17H32N6O. The summed E-state index contributed by atoms with van der Waals surface area (Å²) in [6.07, 6.45) is 6.31. The molecule has 0 radical (unpaired) electrons. The molecule has 1 aromatic rings. The van der Waals surface area contributed by atoms with E-state index >= 15 is 0 Å². The largest absolute Gasteiger partial charge is 0.357 e. The second-order valence-electron chi connectivity index (χ2n) is 6.40. The Balaban J connectivity index is 1.87. The van der Waals surface area contributed by atoms with Gasteiger partial charge in [0.25, 0.3) is 0 Å². The zero-order chi connectivity index (χ0) is 17.4. The van der Waals surface area contributed by atoms with Crippen LogP contribution in [0.15, 0.2) is 9.79 Å². The summed E-state index contributed by atoms with van der Waals surface area (Å²) in [5, 5.41) is 7.80. The smallest absolute Gasteiger partial charge is 0.345 e. The first-order valence-corrected chi connectivity index (χ1v) is 9.33. The Kier molecular flexibility index (Phi) is 7.34. The van der Waals surface area contributed by atoms with Gasteiger partial charge in [-0.05, 0) is 32.6 Å². The van der Waals surface area contributed by atoms with E-state index in [1.165, 1.54) is 6.42 Å². The molecule has 1 aliphatic heterocycles. The van der Waals surface area contributed by atoms with Crippen molar-refractivity contribution >= 4 is 5.96 Å². The Labute approximate surface area is 144 Å². The molecule has 1 aliphatic rings. The van der Waals surface area contributed by atoms with Gasteiger partial charge in [0.15, 0.2) is 5.96 Å². The predicted octanol–water partition coefficient (Wildman–Crippen LogP) is 1.47. The standard InChI is InChI=1S/C17H32N6O/c1-4-6-12-21(3)16(18-5-2)19-11-9-14-23-17(24)22-13-8-7-10-15(22)20-23/h4-14H2,1-3H3,(H,18,19). The molecule has 2 rings (SSSR count). The fourth-order valence-electron chi connectivity index (χ4n) is 2.97. The highest BCUT2D eigenvalue weighted by Gasteiger charge is 2.16. The van der Waals surface area contributed by atoms with Crippen LogP contribution in [0.1, 0.15) is 51.8 Å². The summed E-state index contributed by atoms with van der Waals surface area (Å²) in [5.74, 6) is 1.89. The van der Waals surface area contributed by atoms with Gasteiger partial charge in [0.2, 0.25) is 0 Å². The zero-order valence-corrected chi connectivity index (χ0v) is 15.4. The molecule has 0 spiro atoms. The minimum Gasteiger partial charge on any atom is -0.357 e. The number of unbranched alkanes of at least 4 members (excludes halogenated alkanes) is 1. The topological polar surface area (TPSA) is 67.5 Å². The summed E-state index contributed by atoms with van der Waals surface area (Å²) in [5.41, 5.74) is 0.0423. The highest BCUT2D eigenvalue weighted by Crippen LogP contribution is 2.09. The number of aryl methyl sites for hydroxylation is 2. The van der Waals surface area contributed by atoms with Gasteiger partial charge >= 0.3 is 5.69 Å². The third-order valence-electron chi connectivity index (χ3n) is 4.36. The molecule has 0 saturated carbocycles. The average Bonchev–Trinajstić information content (AvgIpc) is 2.92. The van der Waals surface area contributed by atoms with Crippen molar-refractivity contribution < 1.29 is 0 Å². The Morgan fingerprint density at radius 2 is 2.17 bits per heavy atom. The lowest BCUT2D eigenvalue weighted by molar-refractivity contribution is 0.463. The molecule has 0 unspecified atom stereocenters. The molecule has 0 amide bonds. The Bertz CT molecular complexity index is 588. The van der Waals surface area contributed by atoms with E-state index in [0.29, 0.717) is 13.1 Å². The number of aromatic nitrogens is 3. The van der Waals surface area contributed by atoms with Gasteiger partial charge in [0, 0.05) is 46.2 Å². The van der Waals surface area contributed by atoms with E-state index in [9.17, 15) is 4.79 Å². The molecule has 24 heavy (non-hydrogen) atoms. The molecule has 0 fully saturated rings. The summed E-state index contributed by atoms with van der Waals surface area (Å²) in [7, 11) is 2.07. The maximum Gasteiger partial charge on any atom is 0.345 e. The molecule has 0 atom stereocenters. The second-order valence-corrected chi connectivity index (χ2v) is 6.40. The quantitative estimate of drug-likeness (QED) is 0.443. The van der Waals surface area contributed by atoms with Crippen molar-refractivity contribution in [3.8, 4) is 0 Å². The van der Waals surface area contributed by atoms with Crippen molar-refractivity contribution in [2.45, 2.75) is 65.5 Å². The first-order chi connectivity index (χ1) is 11.7. The molecule has 0 saturated heterocycles. The van der Waals surface area contributed by atoms with Gasteiger partial charge in [-0.1, -0.05) is 13.3 Å². The molecule has 2 heterocycles. The molecule has 7 nitrogen and oxygen atoms in total. The molecule has 1 N–H and O–H groups in total. The first-order valence-electron chi connectivity index (χ1n) is 9.33. The SMILES string of the molecule is CCCCN(C)C(=NCCCn1nc2n(c1=O)CCCC2)NCC. The first kappa shape index (κ1) is 18.5. The van der Waals surface area contributed by atoms with E-state index in [4.69, 9.17) is 0 Å². The van der Waals surface area contributed by atoms with Gasteiger partial charge in [0.1, 0.15) is 5.82 Å². The summed E-state index contributed by atoms with van der Waals surface area (Å²) >= 11 is 0. The van der Waals surface area contributed by atoms with Crippen LogP contribution in [0.4, 0.5) is 0 Å². The maximum absolute atomic E-state index is 12.3. The number of fused-ring (bicyclic) bond motifs is 1. The van der Waals surface area contributed by atoms with Gasteiger partial charge < -0.3 is 10.2 Å². The van der Waals surface area contributed by atoms with Gasteiger partial charge in [-0.25, -0.2) is 9.48 Å².